The summed E-state index contributed by atoms with van der Waals surface area (Å²) < 4.78 is 14.5. The summed E-state index contributed by atoms with van der Waals surface area (Å²) in [7, 11) is 0. The van der Waals surface area contributed by atoms with E-state index < -0.39 is 183 Å². The van der Waals surface area contributed by atoms with Crippen LogP contribution in [-0.4, -0.2) is 196 Å². The zero-order chi connectivity index (χ0) is 51.7. The standard InChI is InChI=1S/C40H60N8O20S/c1-16-14-48-31(32(16)56)36(60)42-13-19(50)10-21(43-39(63)65-40(3,4)5)33(57)44-28(17(2)49)37(61)47-15-20(51)11-22(47)34(58)45-29(35(59)46-30(38(48)62)25(54)12-27(41)55)24(53)8-18-6-7-23(52)26(9-18)66-69-68-67-64/h6-7,9,16-17,19-22,24-25,28-32,49-54,56,64H,8,10-15H2,1-5H3,(H2,41,55)(H,42,60)(H,43,63)(H,44,57)(H,45,58)(H,46,59)/t16-,17+,19+,20+,21-,22-,24+,25+,28-,29-,30-,31-,32-/m0/s1. The SMILES string of the molecule is C[C@@H](O)[C@@H]1NC(=O)[C@@H](NC(=O)OC(C)(C)C)C[C@@H](O)CNC(=O)[C@@H]2[C@@H](O)[C@@H](C)CN2C(=O)[C@H]([C@H](O)CC(N)=O)NC(=O)[C@H]([C@H](O)Cc2ccc(O)c(OSOOO)c2)NC(=O)[C@@H]2C[C@@H](O)CN2C1=O. The van der Waals surface area contributed by atoms with Crippen molar-refractivity contribution in [1.29, 1.82) is 0 Å². The van der Waals surface area contributed by atoms with Crippen LogP contribution < -0.4 is 36.5 Å². The smallest absolute Gasteiger partial charge is 0.408 e. The number of benzene rings is 1. The molecule has 3 aliphatic heterocycles. The van der Waals surface area contributed by atoms with E-state index in [2.05, 4.69) is 36.0 Å². The van der Waals surface area contributed by atoms with Crippen molar-refractivity contribution in [2.24, 2.45) is 11.7 Å². The lowest BCUT2D eigenvalue weighted by Crippen LogP contribution is -2.64. The molecule has 69 heavy (non-hydrogen) atoms. The Morgan fingerprint density at radius 1 is 0.870 bits per heavy atom. The van der Waals surface area contributed by atoms with Crippen LogP contribution in [0.25, 0.3) is 0 Å². The van der Waals surface area contributed by atoms with Gasteiger partial charge in [0, 0.05) is 44.8 Å². The number of carbonyl (C=O) groups excluding carboxylic acids is 8. The first-order chi connectivity index (χ1) is 32.2. The van der Waals surface area contributed by atoms with Gasteiger partial charge in [0.15, 0.2) is 11.5 Å². The van der Waals surface area contributed by atoms with E-state index in [0.717, 1.165) is 28.9 Å². The Hall–Kier alpha value is -5.63. The number of phenolic OH excluding ortho intramolecular Hbond substituents is 1. The fraction of sp³-hybridized carbons (Fsp3) is 0.650. The van der Waals surface area contributed by atoms with Gasteiger partial charge < -0.3 is 86.8 Å². The topological polar surface area (TPSA) is 428 Å². The highest BCUT2D eigenvalue weighted by atomic mass is 32.2. The summed E-state index contributed by atoms with van der Waals surface area (Å²) in [6.07, 6.45) is -14.6. The lowest BCUT2D eigenvalue weighted by atomic mass is 9.98. The Morgan fingerprint density at radius 3 is 2.13 bits per heavy atom. The molecule has 0 bridgehead atoms. The quantitative estimate of drug-likeness (QED) is 0.0402. The molecule has 0 radical (unpaired) electrons. The number of aliphatic hydroxyl groups is 6. The monoisotopic (exact) mass is 1000 g/mol. The predicted molar refractivity (Wildman–Crippen MR) is 232 cm³/mol. The van der Waals surface area contributed by atoms with Crippen LogP contribution in [0, 0.1) is 5.92 Å². The molecular weight excluding hydrogens is 945 g/mol. The number of hydrogen-bond donors (Lipinski definition) is 14. The summed E-state index contributed by atoms with van der Waals surface area (Å²) in [6, 6.07) is -8.04. The number of alkyl carbamates (subject to hydrolysis) is 1. The first-order valence-electron chi connectivity index (χ1n) is 21.5. The molecule has 4 rings (SSSR count). The zero-order valence-corrected chi connectivity index (χ0v) is 38.9. The van der Waals surface area contributed by atoms with Gasteiger partial charge in [0.2, 0.25) is 41.4 Å². The van der Waals surface area contributed by atoms with Gasteiger partial charge in [-0.15, -0.1) is 0 Å². The van der Waals surface area contributed by atoms with Gasteiger partial charge in [-0.25, -0.2) is 10.1 Å². The summed E-state index contributed by atoms with van der Waals surface area (Å²) in [5.74, 6) is -10.2. The number of nitrogens with zero attached hydrogens (tertiary/aromatic N) is 2. The number of hydrogen-bond acceptors (Lipinski definition) is 21. The molecule has 0 unspecified atom stereocenters. The summed E-state index contributed by atoms with van der Waals surface area (Å²) in [4.78, 5) is 112. The number of β-amino-alcohol motifs (C(OH)–C–C–N with tert-alkyl or cyclic N) is 1. The normalized spacial score (nSPS) is 29.2. The second-order valence-electron chi connectivity index (χ2n) is 17.9. The van der Waals surface area contributed by atoms with Gasteiger partial charge in [-0.2, -0.15) is 0 Å². The Bertz CT molecular complexity index is 2050. The third-order valence-corrected chi connectivity index (χ3v) is 11.6. The molecule has 1 aromatic rings. The van der Waals surface area contributed by atoms with Crippen LogP contribution in [0.15, 0.2) is 18.2 Å². The van der Waals surface area contributed by atoms with E-state index in [1.54, 1.807) is 0 Å². The number of amides is 8. The highest BCUT2D eigenvalue weighted by Crippen LogP contribution is 2.31. The van der Waals surface area contributed by atoms with Crippen molar-refractivity contribution in [3.8, 4) is 11.5 Å². The number of aliphatic hydroxyl groups excluding tert-OH is 6. The highest BCUT2D eigenvalue weighted by Gasteiger charge is 2.50. The molecule has 0 aliphatic carbocycles. The Balaban J connectivity index is 1.85. The van der Waals surface area contributed by atoms with Crippen molar-refractivity contribution in [2.75, 3.05) is 19.6 Å². The molecule has 3 fully saturated rings. The van der Waals surface area contributed by atoms with E-state index in [0.29, 0.717) is 0 Å². The molecule has 29 heteroatoms. The lowest BCUT2D eigenvalue weighted by molar-refractivity contribution is -0.433. The van der Waals surface area contributed by atoms with E-state index in [4.69, 9.17) is 19.9 Å². The first-order valence-corrected chi connectivity index (χ1v) is 22.2. The van der Waals surface area contributed by atoms with Crippen LogP contribution in [0.3, 0.4) is 0 Å². The van der Waals surface area contributed by atoms with Crippen LogP contribution in [-0.2, 0) is 54.1 Å². The summed E-state index contributed by atoms with van der Waals surface area (Å²) in [5, 5.41) is 100. The number of nitrogens with one attached hydrogen (secondary N) is 5. The van der Waals surface area contributed by atoms with Gasteiger partial charge >= 0.3 is 6.09 Å². The van der Waals surface area contributed by atoms with Crippen molar-refractivity contribution in [1.82, 2.24) is 36.4 Å². The van der Waals surface area contributed by atoms with Crippen molar-refractivity contribution in [3.05, 3.63) is 23.8 Å². The maximum atomic E-state index is 14.5. The van der Waals surface area contributed by atoms with Crippen molar-refractivity contribution in [3.63, 3.8) is 0 Å². The number of phenols is 1. The maximum absolute atomic E-state index is 14.5. The number of fused-ring (bicyclic) bond motifs is 2. The highest BCUT2D eigenvalue weighted by molar-refractivity contribution is 7.90. The van der Waals surface area contributed by atoms with E-state index in [1.165, 1.54) is 33.8 Å². The van der Waals surface area contributed by atoms with Crippen LogP contribution in [0.2, 0.25) is 0 Å². The Kier molecular flexibility index (Phi) is 19.7. The minimum absolute atomic E-state index is 0.0575. The van der Waals surface area contributed by atoms with E-state index in [1.807, 2.05) is 0 Å². The molecule has 0 saturated carbocycles. The number of carbonyl (C=O) groups is 8. The molecular formula is C40H60N8O20S. The lowest BCUT2D eigenvalue weighted by Gasteiger charge is -2.33. The van der Waals surface area contributed by atoms with Gasteiger partial charge in [0.1, 0.15) is 41.9 Å². The zero-order valence-electron chi connectivity index (χ0n) is 38.0. The van der Waals surface area contributed by atoms with Gasteiger partial charge in [0.05, 0.1) is 43.0 Å². The fourth-order valence-corrected chi connectivity index (χ4v) is 8.13. The maximum Gasteiger partial charge on any atom is 0.408 e. The average molecular weight is 1010 g/mol. The first kappa shape index (κ1) is 56.0. The van der Waals surface area contributed by atoms with Gasteiger partial charge in [-0.1, -0.05) is 22.4 Å². The molecule has 1 aromatic carbocycles. The van der Waals surface area contributed by atoms with Crippen LogP contribution in [0.4, 0.5) is 4.79 Å². The molecule has 3 heterocycles. The Labute approximate surface area is 398 Å². The number of nitrogens with two attached hydrogens (primary N) is 1. The molecule has 386 valence electrons. The summed E-state index contributed by atoms with van der Waals surface area (Å²) >= 11 is 0.0575. The van der Waals surface area contributed by atoms with Gasteiger partial charge in [0.25, 0.3) is 12.3 Å². The molecule has 3 saturated heterocycles. The van der Waals surface area contributed by atoms with Crippen LogP contribution in [0.1, 0.15) is 59.4 Å². The van der Waals surface area contributed by atoms with Crippen LogP contribution in [0.5, 0.6) is 11.5 Å². The van der Waals surface area contributed by atoms with E-state index in [-0.39, 0.29) is 23.6 Å². The second kappa shape index (κ2) is 24.3. The number of primary amides is 1. The second-order valence-corrected chi connectivity index (χ2v) is 18.4. The minimum Gasteiger partial charge on any atom is -0.504 e. The molecule has 0 spiro atoms. The minimum atomic E-state index is -2.20. The van der Waals surface area contributed by atoms with Gasteiger partial charge in [-0.05, 0) is 45.4 Å². The molecule has 0 aromatic heterocycles. The third kappa shape index (κ3) is 15.2. The number of rotatable bonds is 12. The average Bonchev–Trinajstić information content (AvgIpc) is 3.79. The largest absolute Gasteiger partial charge is 0.504 e. The molecule has 28 nitrogen and oxygen atoms in total. The molecule has 3 aliphatic rings. The van der Waals surface area contributed by atoms with Crippen LogP contribution >= 0.6 is 12.3 Å². The summed E-state index contributed by atoms with van der Waals surface area (Å²) in [6.45, 7) is 5.44. The Morgan fingerprint density at radius 2 is 1.51 bits per heavy atom. The van der Waals surface area contributed by atoms with E-state index in [9.17, 15) is 74.1 Å². The van der Waals surface area contributed by atoms with Crippen molar-refractivity contribution >= 4 is 59.8 Å². The predicted octanol–water partition coefficient (Wildman–Crippen LogP) is -5.33. The van der Waals surface area contributed by atoms with Crippen molar-refractivity contribution in [2.45, 2.75) is 139 Å². The third-order valence-electron chi connectivity index (χ3n) is 11.2. The van der Waals surface area contributed by atoms with E-state index >= 15 is 0 Å². The number of aromatic hydroxyl groups is 1. The molecule has 13 atom stereocenters. The fourth-order valence-electron chi connectivity index (χ4n) is 7.87. The summed E-state index contributed by atoms with van der Waals surface area (Å²) in [5.41, 5.74) is 4.34. The molecule has 15 N–H and O–H groups in total. The number of ether oxygens (including phenoxy) is 1. The molecule has 8 amide bonds. The van der Waals surface area contributed by atoms with Crippen molar-refractivity contribution < 1.29 is 97.7 Å². The van der Waals surface area contributed by atoms with Gasteiger partial charge in [-0.3, -0.25) is 33.6 Å².